The van der Waals surface area contributed by atoms with Gasteiger partial charge >= 0.3 is 6.18 Å². The summed E-state index contributed by atoms with van der Waals surface area (Å²) in [4.78, 5) is 16.3. The minimum absolute atomic E-state index is 0.0453. The molecule has 3 aromatic carbocycles. The summed E-state index contributed by atoms with van der Waals surface area (Å²) in [6.07, 6.45) is -0.936. The Bertz CT molecular complexity index is 1370. The van der Waals surface area contributed by atoms with E-state index < -0.39 is 23.0 Å². The normalized spacial score (nSPS) is 22.0. The number of hydrogen-bond acceptors (Lipinski definition) is 3. The Hall–Kier alpha value is -3.46. The van der Waals surface area contributed by atoms with Crippen LogP contribution in [-0.4, -0.2) is 37.0 Å². The van der Waals surface area contributed by atoms with Crippen LogP contribution >= 0.6 is 0 Å². The van der Waals surface area contributed by atoms with Crippen LogP contribution in [-0.2, 0) is 22.9 Å². The number of benzene rings is 3. The lowest BCUT2D eigenvalue weighted by atomic mass is 9.77. The molecule has 0 radical (unpaired) electrons. The third-order valence-corrected chi connectivity index (χ3v) is 8.67. The highest BCUT2D eigenvalue weighted by molar-refractivity contribution is 5.89. The summed E-state index contributed by atoms with van der Waals surface area (Å²) in [6, 6.07) is 16.5. The number of likely N-dealkylation sites (tertiary alicyclic amines) is 1. The van der Waals surface area contributed by atoms with Crippen molar-refractivity contribution in [3.8, 4) is 5.75 Å². The Morgan fingerprint density at radius 3 is 2.39 bits per heavy atom. The molecule has 2 fully saturated rings. The van der Waals surface area contributed by atoms with Crippen LogP contribution in [0.25, 0.3) is 0 Å². The molecule has 2 unspecified atom stereocenters. The molecule has 2 atom stereocenters. The first kappa shape index (κ1) is 29.0. The monoisotopic (exact) mass is 572 g/mol. The first-order valence-corrected chi connectivity index (χ1v) is 13.9. The lowest BCUT2D eigenvalue weighted by Crippen LogP contribution is -2.45. The second kappa shape index (κ2) is 11.8. The maximum Gasteiger partial charge on any atom is 0.416 e. The molecule has 4 nitrogen and oxygen atoms in total. The van der Waals surface area contributed by atoms with Gasteiger partial charge in [-0.25, -0.2) is 8.78 Å². The number of ether oxygens (including phenoxy) is 1. The van der Waals surface area contributed by atoms with Crippen molar-refractivity contribution in [1.82, 2.24) is 10.2 Å². The Morgan fingerprint density at radius 2 is 1.71 bits per heavy atom. The van der Waals surface area contributed by atoms with E-state index in [1.54, 1.807) is 13.2 Å². The molecule has 0 bridgehead atoms. The molecule has 9 heteroatoms. The number of carbonyl (C=O) groups excluding carboxylic acids is 1. The fourth-order valence-corrected chi connectivity index (χ4v) is 6.45. The van der Waals surface area contributed by atoms with Crippen molar-refractivity contribution in [2.24, 2.45) is 0 Å². The van der Waals surface area contributed by atoms with E-state index in [9.17, 15) is 26.7 Å². The van der Waals surface area contributed by atoms with Gasteiger partial charge in [0.1, 0.15) is 17.4 Å². The number of halogens is 5. The molecule has 0 spiro atoms. The first-order chi connectivity index (χ1) is 19.6. The predicted octanol–water partition coefficient (Wildman–Crippen LogP) is 6.98. The van der Waals surface area contributed by atoms with Crippen LogP contribution in [0, 0.1) is 11.6 Å². The number of nitrogens with one attached hydrogen (secondary N) is 1. The number of carbonyl (C=O) groups is 1. The molecule has 3 aromatic rings. The van der Waals surface area contributed by atoms with E-state index in [1.165, 1.54) is 12.1 Å². The number of alkyl halides is 3. The minimum atomic E-state index is -4.69. The third kappa shape index (κ3) is 6.40. The van der Waals surface area contributed by atoms with Crippen LogP contribution in [0.3, 0.4) is 0 Å². The molecular formula is C32H33F5N2O2. The second-order valence-electron chi connectivity index (χ2n) is 11.1. The number of piperidine rings is 1. The zero-order chi connectivity index (χ0) is 29.2. The second-order valence-corrected chi connectivity index (χ2v) is 11.1. The lowest BCUT2D eigenvalue weighted by Gasteiger charge is -2.37. The summed E-state index contributed by atoms with van der Waals surface area (Å²) >= 11 is 0. The highest BCUT2D eigenvalue weighted by Crippen LogP contribution is 2.45. The Kier molecular flexibility index (Phi) is 8.36. The van der Waals surface area contributed by atoms with Gasteiger partial charge in [0.15, 0.2) is 0 Å². The van der Waals surface area contributed by atoms with Gasteiger partial charge in [-0.05, 0) is 110 Å². The fraction of sp³-hybridized carbons (Fsp3) is 0.406. The summed E-state index contributed by atoms with van der Waals surface area (Å²) in [5, 5.41) is 2.82. The number of hydrogen-bond donors (Lipinski definition) is 1. The highest BCUT2D eigenvalue weighted by Gasteiger charge is 2.48. The van der Waals surface area contributed by atoms with E-state index in [1.807, 2.05) is 30.3 Å². The van der Waals surface area contributed by atoms with E-state index in [2.05, 4.69) is 10.2 Å². The summed E-state index contributed by atoms with van der Waals surface area (Å²) in [5.41, 5.74) is -0.0345. The van der Waals surface area contributed by atoms with Crippen molar-refractivity contribution in [1.29, 1.82) is 0 Å². The van der Waals surface area contributed by atoms with Gasteiger partial charge < -0.3 is 15.0 Å². The topological polar surface area (TPSA) is 41.6 Å². The van der Waals surface area contributed by atoms with Gasteiger partial charge in [-0.3, -0.25) is 4.79 Å². The minimum Gasteiger partial charge on any atom is -0.497 e. The van der Waals surface area contributed by atoms with Crippen LogP contribution in [0.4, 0.5) is 22.0 Å². The van der Waals surface area contributed by atoms with Crippen LogP contribution < -0.4 is 10.1 Å². The van der Waals surface area contributed by atoms with Gasteiger partial charge in [0, 0.05) is 12.6 Å². The van der Waals surface area contributed by atoms with Crippen molar-refractivity contribution in [3.63, 3.8) is 0 Å². The van der Waals surface area contributed by atoms with Gasteiger partial charge in [0.2, 0.25) is 5.91 Å². The van der Waals surface area contributed by atoms with Gasteiger partial charge in [0.25, 0.3) is 0 Å². The average Bonchev–Trinajstić information content (AvgIpc) is 3.43. The van der Waals surface area contributed by atoms with E-state index in [0.29, 0.717) is 30.6 Å². The van der Waals surface area contributed by atoms with Gasteiger partial charge in [0.05, 0.1) is 18.1 Å². The lowest BCUT2D eigenvalue weighted by molar-refractivity contribution is -0.137. The van der Waals surface area contributed by atoms with Gasteiger partial charge in [-0.2, -0.15) is 13.2 Å². The van der Waals surface area contributed by atoms with E-state index in [4.69, 9.17) is 4.74 Å². The van der Waals surface area contributed by atoms with E-state index >= 15 is 0 Å². The number of amides is 1. The van der Waals surface area contributed by atoms with Crippen molar-refractivity contribution in [2.45, 2.75) is 62.2 Å². The smallest absolute Gasteiger partial charge is 0.416 e. The summed E-state index contributed by atoms with van der Waals surface area (Å²) < 4.78 is 72.4. The van der Waals surface area contributed by atoms with Crippen molar-refractivity contribution >= 4 is 5.91 Å². The SMILES string of the molecule is COc1cccc(C2(C(=O)NCc3cc(F)cc(C(F)(F)F)c3)CCC(N3CCC(c4ccc(F)cc4)CC3)C2)c1. The molecule has 1 N–H and O–H groups in total. The quantitative estimate of drug-likeness (QED) is 0.311. The summed E-state index contributed by atoms with van der Waals surface area (Å²) in [6.45, 7) is 1.48. The summed E-state index contributed by atoms with van der Waals surface area (Å²) in [5.74, 6) is -0.586. The van der Waals surface area contributed by atoms with Crippen LogP contribution in [0.15, 0.2) is 66.7 Å². The molecule has 1 saturated heterocycles. The molecule has 1 aliphatic carbocycles. The molecule has 5 rings (SSSR count). The maximum atomic E-state index is 14.0. The molecule has 1 heterocycles. The highest BCUT2D eigenvalue weighted by atomic mass is 19.4. The first-order valence-electron chi connectivity index (χ1n) is 13.9. The van der Waals surface area contributed by atoms with Gasteiger partial charge in [-0.15, -0.1) is 0 Å². The molecular weight excluding hydrogens is 539 g/mol. The predicted molar refractivity (Wildman–Crippen MR) is 146 cm³/mol. The molecule has 1 aliphatic heterocycles. The van der Waals surface area contributed by atoms with Crippen molar-refractivity contribution in [3.05, 3.63) is 101 Å². The van der Waals surface area contributed by atoms with Crippen LogP contribution in [0.2, 0.25) is 0 Å². The standard InChI is InChI=1S/C32H33F5N2O2/c1-41-29-4-2-3-24(18-29)31(30(40)38-20-21-15-25(32(35,36)37)17-27(34)16-21)12-9-28(19-31)39-13-10-23(11-14-39)22-5-7-26(33)8-6-22/h2-8,15-18,23,28H,9-14,19-20H2,1H3,(H,38,40). The summed E-state index contributed by atoms with van der Waals surface area (Å²) in [7, 11) is 1.55. The van der Waals surface area contributed by atoms with Crippen molar-refractivity contribution in [2.75, 3.05) is 20.2 Å². The average molecular weight is 573 g/mol. The number of nitrogens with zero attached hydrogens (tertiary/aromatic N) is 1. The Morgan fingerprint density at radius 1 is 0.976 bits per heavy atom. The fourth-order valence-electron chi connectivity index (χ4n) is 6.45. The zero-order valence-corrected chi connectivity index (χ0v) is 22.8. The van der Waals surface area contributed by atoms with Crippen LogP contribution in [0.5, 0.6) is 5.75 Å². The van der Waals surface area contributed by atoms with Crippen molar-refractivity contribution < 1.29 is 31.5 Å². The van der Waals surface area contributed by atoms with E-state index in [-0.39, 0.29) is 29.9 Å². The zero-order valence-electron chi connectivity index (χ0n) is 22.8. The van der Waals surface area contributed by atoms with Crippen LogP contribution in [0.1, 0.15) is 60.3 Å². The molecule has 218 valence electrons. The van der Waals surface area contributed by atoms with E-state index in [0.717, 1.165) is 55.6 Å². The van der Waals surface area contributed by atoms with Gasteiger partial charge in [-0.1, -0.05) is 24.3 Å². The number of rotatable bonds is 7. The Labute approximate surface area is 236 Å². The molecule has 0 aromatic heterocycles. The molecule has 1 saturated carbocycles. The largest absolute Gasteiger partial charge is 0.497 e. The number of methoxy groups -OCH3 is 1. The Balaban J connectivity index is 1.33. The third-order valence-electron chi connectivity index (χ3n) is 8.67. The maximum absolute atomic E-state index is 14.0. The molecule has 2 aliphatic rings. The molecule has 1 amide bonds. The molecule has 41 heavy (non-hydrogen) atoms.